The Morgan fingerprint density at radius 3 is 2.71 bits per heavy atom. The first-order valence-electron chi connectivity index (χ1n) is 8.50. The molecule has 0 fully saturated rings. The second-order valence-corrected chi connectivity index (χ2v) is 6.84. The lowest BCUT2D eigenvalue weighted by atomic mass is 10.2. The molecule has 0 unspecified atom stereocenters. The highest BCUT2D eigenvalue weighted by Crippen LogP contribution is 2.23. The highest BCUT2D eigenvalue weighted by molar-refractivity contribution is 7.99. The van der Waals surface area contributed by atoms with Crippen LogP contribution in [0.1, 0.15) is 12.0 Å². The molecule has 0 bridgehead atoms. The van der Waals surface area contributed by atoms with Crippen LogP contribution in [0.3, 0.4) is 0 Å². The molecule has 0 aliphatic carbocycles. The molecule has 28 heavy (non-hydrogen) atoms. The summed E-state index contributed by atoms with van der Waals surface area (Å²) >= 11 is 1.15. The molecule has 0 saturated carbocycles. The van der Waals surface area contributed by atoms with E-state index in [1.165, 1.54) is 17.0 Å². The maximum absolute atomic E-state index is 14.1. The Morgan fingerprint density at radius 2 is 2.00 bits per heavy atom. The van der Waals surface area contributed by atoms with Gasteiger partial charge < -0.3 is 4.90 Å². The van der Waals surface area contributed by atoms with Crippen LogP contribution in [0.25, 0.3) is 5.69 Å². The molecule has 9 heteroatoms. The number of rotatable bonds is 7. The zero-order chi connectivity index (χ0) is 19.9. The number of anilines is 1. The third-order valence-corrected chi connectivity index (χ3v) is 4.84. The van der Waals surface area contributed by atoms with Crippen molar-refractivity contribution in [3.63, 3.8) is 0 Å². The predicted molar refractivity (Wildman–Crippen MR) is 104 cm³/mol. The summed E-state index contributed by atoms with van der Waals surface area (Å²) < 4.78 is 15.7. The van der Waals surface area contributed by atoms with E-state index >= 15 is 0 Å². The lowest BCUT2D eigenvalue weighted by Gasteiger charge is -2.22. The number of thioether (sulfide) groups is 1. The van der Waals surface area contributed by atoms with Crippen LogP contribution < -0.4 is 4.90 Å². The Balaban J connectivity index is 1.75. The minimum atomic E-state index is -0.511. The summed E-state index contributed by atoms with van der Waals surface area (Å²) in [7, 11) is 0. The number of aryl methyl sites for hydroxylation is 1. The SMILES string of the molecule is Cc1ccc(-n2nnnc2SCC(=O)N(CCC#N)c2ccccc2F)cc1. The number of aromatic nitrogens is 4. The number of benzene rings is 2. The van der Waals surface area contributed by atoms with Crippen molar-refractivity contribution in [2.75, 3.05) is 17.2 Å². The van der Waals surface area contributed by atoms with Crippen LogP contribution in [-0.2, 0) is 4.79 Å². The monoisotopic (exact) mass is 396 g/mol. The number of para-hydroxylation sites is 1. The lowest BCUT2D eigenvalue weighted by Crippen LogP contribution is -2.34. The molecule has 142 valence electrons. The maximum atomic E-state index is 14.1. The minimum Gasteiger partial charge on any atom is -0.308 e. The van der Waals surface area contributed by atoms with Gasteiger partial charge in [-0.15, -0.1) is 5.10 Å². The maximum Gasteiger partial charge on any atom is 0.237 e. The number of tetrazole rings is 1. The van der Waals surface area contributed by atoms with Crippen molar-refractivity contribution in [2.24, 2.45) is 0 Å². The van der Waals surface area contributed by atoms with E-state index in [1.54, 1.807) is 16.8 Å². The molecule has 0 radical (unpaired) electrons. The zero-order valence-electron chi connectivity index (χ0n) is 15.1. The van der Waals surface area contributed by atoms with Crippen LogP contribution in [0.4, 0.5) is 10.1 Å². The Kier molecular flexibility index (Phi) is 6.34. The van der Waals surface area contributed by atoms with Gasteiger partial charge in [0.15, 0.2) is 0 Å². The van der Waals surface area contributed by atoms with Gasteiger partial charge in [-0.25, -0.2) is 4.39 Å². The largest absolute Gasteiger partial charge is 0.308 e. The molecule has 0 N–H and O–H groups in total. The fourth-order valence-electron chi connectivity index (χ4n) is 2.53. The van der Waals surface area contributed by atoms with Crippen molar-refractivity contribution >= 4 is 23.4 Å². The molecule has 0 spiro atoms. The van der Waals surface area contributed by atoms with Gasteiger partial charge in [-0.3, -0.25) is 4.79 Å². The molecule has 1 heterocycles. The van der Waals surface area contributed by atoms with E-state index in [0.29, 0.717) is 5.16 Å². The molecule has 1 aromatic heterocycles. The van der Waals surface area contributed by atoms with Crippen molar-refractivity contribution < 1.29 is 9.18 Å². The third-order valence-electron chi connectivity index (χ3n) is 3.94. The highest BCUT2D eigenvalue weighted by Gasteiger charge is 2.20. The second kappa shape index (κ2) is 9.10. The number of hydrogen-bond donors (Lipinski definition) is 0. The molecule has 0 aliphatic rings. The second-order valence-electron chi connectivity index (χ2n) is 5.90. The molecule has 3 aromatic rings. The van der Waals surface area contributed by atoms with Gasteiger partial charge in [-0.1, -0.05) is 41.6 Å². The van der Waals surface area contributed by atoms with E-state index in [4.69, 9.17) is 5.26 Å². The number of halogens is 1. The Bertz CT molecular complexity index is 998. The smallest absolute Gasteiger partial charge is 0.237 e. The first kappa shape index (κ1) is 19.5. The average molecular weight is 396 g/mol. The molecule has 7 nitrogen and oxygen atoms in total. The normalized spacial score (nSPS) is 10.5. The standard InChI is InChI=1S/C19H17FN6OS/c1-14-7-9-15(10-8-14)26-19(22-23-24-26)28-13-18(27)25(12-4-11-21)17-6-3-2-5-16(17)20/h2-3,5-10H,4,12-13H2,1H3. The van der Waals surface area contributed by atoms with Crippen molar-refractivity contribution in [3.8, 4) is 11.8 Å². The van der Waals surface area contributed by atoms with Gasteiger partial charge >= 0.3 is 0 Å². The van der Waals surface area contributed by atoms with Gasteiger partial charge in [0.1, 0.15) is 5.82 Å². The summed E-state index contributed by atoms with van der Waals surface area (Å²) in [5, 5.41) is 20.9. The quantitative estimate of drug-likeness (QED) is 0.570. The van der Waals surface area contributed by atoms with Crippen molar-refractivity contribution in [3.05, 3.63) is 59.9 Å². The molecular formula is C19H17FN6OS. The summed E-state index contributed by atoms with van der Waals surface area (Å²) in [5.41, 5.74) is 2.04. The van der Waals surface area contributed by atoms with Gasteiger partial charge in [-0.2, -0.15) is 9.94 Å². The summed E-state index contributed by atoms with van der Waals surface area (Å²) in [6.07, 6.45) is 0.103. The number of nitrogens with zero attached hydrogens (tertiary/aromatic N) is 6. The topological polar surface area (TPSA) is 87.7 Å². The van der Waals surface area contributed by atoms with Gasteiger partial charge in [0.05, 0.1) is 29.6 Å². The van der Waals surface area contributed by atoms with E-state index in [9.17, 15) is 9.18 Å². The van der Waals surface area contributed by atoms with Gasteiger partial charge in [-0.05, 0) is 41.6 Å². The third kappa shape index (κ3) is 4.53. The van der Waals surface area contributed by atoms with Crippen LogP contribution in [0.15, 0.2) is 53.7 Å². The molecular weight excluding hydrogens is 379 g/mol. The summed E-state index contributed by atoms with van der Waals surface area (Å²) in [4.78, 5) is 14.0. The fraction of sp³-hybridized carbons (Fsp3) is 0.211. The zero-order valence-corrected chi connectivity index (χ0v) is 15.9. The Labute approximate surface area is 165 Å². The Morgan fingerprint density at radius 1 is 1.25 bits per heavy atom. The van der Waals surface area contributed by atoms with Gasteiger partial charge in [0.25, 0.3) is 0 Å². The summed E-state index contributed by atoms with van der Waals surface area (Å²) in [6.45, 7) is 2.09. The summed E-state index contributed by atoms with van der Waals surface area (Å²) in [5.74, 6) is -0.835. The fourth-order valence-corrected chi connectivity index (χ4v) is 3.30. The highest BCUT2D eigenvalue weighted by atomic mass is 32.2. The molecule has 1 amide bonds. The van der Waals surface area contributed by atoms with Crippen molar-refractivity contribution in [1.29, 1.82) is 5.26 Å². The minimum absolute atomic E-state index is 0.00595. The summed E-state index contributed by atoms with van der Waals surface area (Å²) in [6, 6.07) is 15.6. The predicted octanol–water partition coefficient (Wildman–Crippen LogP) is 3.15. The first-order valence-corrected chi connectivity index (χ1v) is 9.49. The van der Waals surface area contributed by atoms with Crippen LogP contribution in [-0.4, -0.2) is 38.4 Å². The van der Waals surface area contributed by atoms with Crippen molar-refractivity contribution in [2.45, 2.75) is 18.5 Å². The van der Waals surface area contributed by atoms with Gasteiger partial charge in [0.2, 0.25) is 11.1 Å². The van der Waals surface area contributed by atoms with E-state index in [2.05, 4.69) is 15.5 Å². The van der Waals surface area contributed by atoms with E-state index < -0.39 is 5.82 Å². The number of hydrogen-bond acceptors (Lipinski definition) is 6. The number of carbonyl (C=O) groups is 1. The first-order chi connectivity index (χ1) is 13.6. The van der Waals surface area contributed by atoms with E-state index in [0.717, 1.165) is 23.0 Å². The van der Waals surface area contributed by atoms with E-state index in [1.807, 2.05) is 37.3 Å². The lowest BCUT2D eigenvalue weighted by molar-refractivity contribution is -0.116. The molecule has 3 rings (SSSR count). The Hall–Kier alpha value is -3.25. The average Bonchev–Trinajstić information content (AvgIpc) is 3.17. The molecule has 0 aliphatic heterocycles. The van der Waals surface area contributed by atoms with Crippen LogP contribution in [0, 0.1) is 24.1 Å². The number of nitriles is 1. The van der Waals surface area contributed by atoms with Crippen LogP contribution in [0.2, 0.25) is 0 Å². The van der Waals surface area contributed by atoms with Crippen molar-refractivity contribution in [1.82, 2.24) is 20.2 Å². The number of carbonyl (C=O) groups excluding carboxylic acids is 1. The molecule has 0 atom stereocenters. The molecule has 2 aromatic carbocycles. The number of amides is 1. The van der Waals surface area contributed by atoms with Crippen LogP contribution >= 0.6 is 11.8 Å². The van der Waals surface area contributed by atoms with E-state index in [-0.39, 0.29) is 30.3 Å². The molecule has 0 saturated heterocycles. The van der Waals surface area contributed by atoms with Crippen LogP contribution in [0.5, 0.6) is 0 Å². The van der Waals surface area contributed by atoms with Gasteiger partial charge in [0, 0.05) is 6.54 Å².